The summed E-state index contributed by atoms with van der Waals surface area (Å²) >= 11 is 1.29. The van der Waals surface area contributed by atoms with E-state index in [1.807, 2.05) is 0 Å². The number of carboxylic acid groups (broad SMARTS) is 1. The minimum Gasteiger partial charge on any atom is -0.478 e. The molecule has 0 aromatic carbocycles. The van der Waals surface area contributed by atoms with Crippen molar-refractivity contribution in [1.82, 2.24) is 15.0 Å². The van der Waals surface area contributed by atoms with Crippen molar-refractivity contribution in [3.63, 3.8) is 0 Å². The third-order valence-corrected chi connectivity index (χ3v) is 2.63. The van der Waals surface area contributed by atoms with Gasteiger partial charge in [0, 0.05) is 12.4 Å². The van der Waals surface area contributed by atoms with E-state index in [9.17, 15) is 4.79 Å². The van der Waals surface area contributed by atoms with Crippen LogP contribution in [0.3, 0.4) is 0 Å². The zero-order chi connectivity index (χ0) is 11.4. The van der Waals surface area contributed by atoms with Crippen LogP contribution in [-0.2, 0) is 0 Å². The Morgan fingerprint density at radius 2 is 2.06 bits per heavy atom. The number of carboxylic acids is 1. The van der Waals surface area contributed by atoms with E-state index in [1.165, 1.54) is 36.4 Å². The van der Waals surface area contributed by atoms with Crippen molar-refractivity contribution >= 4 is 17.7 Å². The third kappa shape index (κ3) is 2.54. The lowest BCUT2D eigenvalue weighted by molar-refractivity contribution is 0.0696. The highest BCUT2D eigenvalue weighted by Gasteiger charge is 2.05. The first-order valence-electron chi connectivity index (χ1n) is 4.39. The number of aromatic carboxylic acids is 1. The summed E-state index contributed by atoms with van der Waals surface area (Å²) < 4.78 is 0. The lowest BCUT2D eigenvalue weighted by Gasteiger charge is -2.00. The van der Waals surface area contributed by atoms with Crippen LogP contribution in [0.5, 0.6) is 0 Å². The molecule has 0 aliphatic rings. The Morgan fingerprint density at radius 3 is 2.75 bits per heavy atom. The lowest BCUT2D eigenvalue weighted by atomic mass is 10.3. The standard InChI is InChI=1S/C10H7N3O2S/c14-10(15)7-1-4-12-9(5-7)16-8-2-3-11-6-13-8/h1-6H,(H,14,15). The van der Waals surface area contributed by atoms with Gasteiger partial charge in [0.05, 0.1) is 5.56 Å². The molecule has 0 saturated heterocycles. The molecule has 0 saturated carbocycles. The van der Waals surface area contributed by atoms with Gasteiger partial charge in [0.25, 0.3) is 0 Å². The van der Waals surface area contributed by atoms with Crippen molar-refractivity contribution in [3.8, 4) is 0 Å². The van der Waals surface area contributed by atoms with Crippen LogP contribution in [0.15, 0.2) is 47.0 Å². The second-order valence-electron chi connectivity index (χ2n) is 2.84. The van der Waals surface area contributed by atoms with E-state index in [0.29, 0.717) is 5.03 Å². The molecule has 0 radical (unpaired) electrons. The summed E-state index contributed by atoms with van der Waals surface area (Å²) in [5, 5.41) is 10.1. The topological polar surface area (TPSA) is 76.0 Å². The van der Waals surface area contributed by atoms with Crippen molar-refractivity contribution in [3.05, 3.63) is 42.5 Å². The van der Waals surface area contributed by atoms with E-state index in [4.69, 9.17) is 5.11 Å². The van der Waals surface area contributed by atoms with Gasteiger partial charge in [0.2, 0.25) is 0 Å². The molecule has 80 valence electrons. The number of hydrogen-bond donors (Lipinski definition) is 1. The van der Waals surface area contributed by atoms with Crippen LogP contribution < -0.4 is 0 Å². The molecule has 5 nitrogen and oxygen atoms in total. The molecule has 2 aromatic rings. The van der Waals surface area contributed by atoms with Gasteiger partial charge in [-0.25, -0.2) is 19.7 Å². The summed E-state index contributed by atoms with van der Waals surface area (Å²) in [6, 6.07) is 4.70. The molecule has 0 aliphatic heterocycles. The maximum absolute atomic E-state index is 10.7. The van der Waals surface area contributed by atoms with E-state index < -0.39 is 5.97 Å². The van der Waals surface area contributed by atoms with Crippen molar-refractivity contribution in [1.29, 1.82) is 0 Å². The Bertz CT molecular complexity index is 504. The average Bonchev–Trinajstić information content (AvgIpc) is 2.30. The first kappa shape index (κ1) is 10.6. The molecule has 6 heteroatoms. The van der Waals surface area contributed by atoms with Gasteiger partial charge in [-0.2, -0.15) is 0 Å². The molecule has 0 amide bonds. The maximum Gasteiger partial charge on any atom is 0.335 e. The van der Waals surface area contributed by atoms with Crippen molar-refractivity contribution in [2.45, 2.75) is 10.1 Å². The summed E-state index contributed by atoms with van der Waals surface area (Å²) in [7, 11) is 0. The number of rotatable bonds is 3. The summed E-state index contributed by atoms with van der Waals surface area (Å²) in [6.45, 7) is 0. The first-order chi connectivity index (χ1) is 7.75. The Kier molecular flexibility index (Phi) is 3.11. The normalized spacial score (nSPS) is 10.0. The Labute approximate surface area is 95.6 Å². The fourth-order valence-electron chi connectivity index (χ4n) is 1.04. The molecule has 2 rings (SSSR count). The monoisotopic (exact) mass is 233 g/mol. The lowest BCUT2D eigenvalue weighted by Crippen LogP contribution is -1.96. The molecule has 2 aromatic heterocycles. The molecule has 0 fully saturated rings. The van der Waals surface area contributed by atoms with Crippen molar-refractivity contribution < 1.29 is 9.90 Å². The van der Waals surface area contributed by atoms with Gasteiger partial charge in [-0.3, -0.25) is 0 Å². The van der Waals surface area contributed by atoms with Gasteiger partial charge in [-0.15, -0.1) is 0 Å². The number of pyridine rings is 1. The molecule has 2 heterocycles. The summed E-state index contributed by atoms with van der Waals surface area (Å²) in [5.41, 5.74) is 0.214. The van der Waals surface area contributed by atoms with Crippen LogP contribution in [-0.4, -0.2) is 26.0 Å². The van der Waals surface area contributed by atoms with Gasteiger partial charge in [-0.05, 0) is 30.0 Å². The van der Waals surface area contributed by atoms with Crippen LogP contribution in [0.25, 0.3) is 0 Å². The maximum atomic E-state index is 10.7. The Morgan fingerprint density at radius 1 is 1.19 bits per heavy atom. The summed E-state index contributed by atoms with van der Waals surface area (Å²) in [4.78, 5) is 22.6. The molecule has 1 N–H and O–H groups in total. The Hall–Kier alpha value is -1.95. The Balaban J connectivity index is 2.22. The molecule has 0 unspecified atom stereocenters. The van der Waals surface area contributed by atoms with Gasteiger partial charge in [0.1, 0.15) is 16.4 Å². The predicted octanol–water partition coefficient (Wildman–Crippen LogP) is 1.72. The number of hydrogen-bond acceptors (Lipinski definition) is 5. The van der Waals surface area contributed by atoms with E-state index in [-0.39, 0.29) is 5.56 Å². The average molecular weight is 233 g/mol. The molecule has 0 aliphatic carbocycles. The van der Waals surface area contributed by atoms with Crippen LogP contribution in [0, 0.1) is 0 Å². The molecule has 16 heavy (non-hydrogen) atoms. The molecule has 0 spiro atoms. The van der Waals surface area contributed by atoms with Gasteiger partial charge in [0.15, 0.2) is 0 Å². The SMILES string of the molecule is O=C(O)c1ccnc(Sc2ccncn2)c1. The van der Waals surface area contributed by atoms with Gasteiger partial charge >= 0.3 is 5.97 Å². The van der Waals surface area contributed by atoms with Gasteiger partial charge in [-0.1, -0.05) is 0 Å². The summed E-state index contributed by atoms with van der Waals surface area (Å²) in [5.74, 6) is -0.966. The second kappa shape index (κ2) is 4.71. The highest BCUT2D eigenvalue weighted by Crippen LogP contribution is 2.23. The molecule has 0 bridgehead atoms. The van der Waals surface area contributed by atoms with Crippen LogP contribution in [0.1, 0.15) is 10.4 Å². The second-order valence-corrected chi connectivity index (χ2v) is 3.88. The van der Waals surface area contributed by atoms with Crippen LogP contribution in [0.2, 0.25) is 0 Å². The third-order valence-electron chi connectivity index (χ3n) is 1.75. The van der Waals surface area contributed by atoms with E-state index in [1.54, 1.807) is 12.3 Å². The quantitative estimate of drug-likeness (QED) is 0.813. The van der Waals surface area contributed by atoms with Crippen molar-refractivity contribution in [2.75, 3.05) is 0 Å². The number of aromatic nitrogens is 3. The largest absolute Gasteiger partial charge is 0.478 e. The predicted molar refractivity (Wildman–Crippen MR) is 57.4 cm³/mol. The highest BCUT2D eigenvalue weighted by atomic mass is 32.2. The minimum absolute atomic E-state index is 0.214. The van der Waals surface area contributed by atoms with Crippen LogP contribution >= 0.6 is 11.8 Å². The zero-order valence-corrected chi connectivity index (χ0v) is 8.89. The van der Waals surface area contributed by atoms with Crippen LogP contribution in [0.4, 0.5) is 0 Å². The summed E-state index contributed by atoms with van der Waals surface area (Å²) in [6.07, 6.45) is 4.52. The fraction of sp³-hybridized carbons (Fsp3) is 0. The highest BCUT2D eigenvalue weighted by molar-refractivity contribution is 7.99. The number of nitrogens with zero attached hydrogens (tertiary/aromatic N) is 3. The van der Waals surface area contributed by atoms with Crippen molar-refractivity contribution in [2.24, 2.45) is 0 Å². The minimum atomic E-state index is -0.966. The van der Waals surface area contributed by atoms with E-state index >= 15 is 0 Å². The molecular formula is C10H7N3O2S. The number of carbonyl (C=O) groups is 1. The van der Waals surface area contributed by atoms with Gasteiger partial charge < -0.3 is 5.11 Å². The smallest absolute Gasteiger partial charge is 0.335 e. The fourth-order valence-corrected chi connectivity index (χ4v) is 1.79. The van der Waals surface area contributed by atoms with E-state index in [0.717, 1.165) is 5.03 Å². The molecule has 0 atom stereocenters. The first-order valence-corrected chi connectivity index (χ1v) is 5.20. The van der Waals surface area contributed by atoms with E-state index in [2.05, 4.69) is 15.0 Å². The molecular weight excluding hydrogens is 226 g/mol. The zero-order valence-electron chi connectivity index (χ0n) is 8.07.